The lowest BCUT2D eigenvalue weighted by Crippen LogP contribution is -2.42. The number of hydrogen-bond donors (Lipinski definition) is 2. The minimum absolute atomic E-state index is 0.0437. The van der Waals surface area contributed by atoms with E-state index >= 15 is 0 Å². The number of nitrogens with one attached hydrogen (secondary N) is 2. The van der Waals surface area contributed by atoms with Crippen molar-refractivity contribution in [1.82, 2.24) is 20.6 Å². The molecule has 1 aromatic heterocycles. The van der Waals surface area contributed by atoms with E-state index in [0.717, 1.165) is 10.0 Å². The smallest absolute Gasteiger partial charge is 0.267 e. The van der Waals surface area contributed by atoms with Gasteiger partial charge in [0.1, 0.15) is 0 Å². The Morgan fingerprint density at radius 3 is 2.13 bits per heavy atom. The number of fused-ring (bicyclic) bond motifs is 1. The van der Waals surface area contributed by atoms with Crippen LogP contribution < -0.4 is 16.4 Å². The van der Waals surface area contributed by atoms with E-state index in [1.54, 1.807) is 48.5 Å². The molecule has 4 rings (SSSR count). The summed E-state index contributed by atoms with van der Waals surface area (Å²) in [5.74, 6) is -1.09. The topological polar surface area (TPSA) is 93.1 Å². The molecule has 1 heterocycles. The second-order valence-corrected chi connectivity index (χ2v) is 7.67. The van der Waals surface area contributed by atoms with E-state index in [2.05, 4.69) is 31.9 Å². The van der Waals surface area contributed by atoms with Crippen molar-refractivity contribution in [2.75, 3.05) is 0 Å². The van der Waals surface area contributed by atoms with E-state index in [4.69, 9.17) is 0 Å². The standard InChI is InChI=1S/C23H17BrN4O3/c24-17-12-10-16(11-13-17)21(29)25-26-22(30)20-18-8-4-5-9-19(18)23(31)28(27-20)14-15-6-2-1-3-7-15/h1-13H,14H2,(H,25,29)(H,26,30). The molecule has 3 aromatic carbocycles. The molecule has 8 heteroatoms. The van der Waals surface area contributed by atoms with Gasteiger partial charge in [-0.25, -0.2) is 4.68 Å². The van der Waals surface area contributed by atoms with Gasteiger partial charge in [0.25, 0.3) is 17.4 Å². The summed E-state index contributed by atoms with van der Waals surface area (Å²) in [5, 5.41) is 5.07. The number of aromatic nitrogens is 2. The summed E-state index contributed by atoms with van der Waals surface area (Å²) in [6, 6.07) is 22.8. The van der Waals surface area contributed by atoms with Crippen molar-refractivity contribution >= 4 is 38.5 Å². The molecule has 0 aliphatic rings. The summed E-state index contributed by atoms with van der Waals surface area (Å²) >= 11 is 3.31. The fourth-order valence-corrected chi connectivity index (χ4v) is 3.38. The molecule has 0 aliphatic carbocycles. The molecule has 4 aromatic rings. The Labute approximate surface area is 185 Å². The van der Waals surface area contributed by atoms with E-state index in [9.17, 15) is 14.4 Å². The van der Waals surface area contributed by atoms with Gasteiger partial charge in [0, 0.05) is 15.4 Å². The van der Waals surface area contributed by atoms with Gasteiger partial charge in [-0.15, -0.1) is 0 Å². The Morgan fingerprint density at radius 2 is 1.42 bits per heavy atom. The molecular formula is C23H17BrN4O3. The second kappa shape index (κ2) is 8.93. The molecule has 0 atom stereocenters. The van der Waals surface area contributed by atoms with Crippen molar-refractivity contribution < 1.29 is 9.59 Å². The number of amides is 2. The second-order valence-electron chi connectivity index (χ2n) is 6.76. The quantitative estimate of drug-likeness (QED) is 0.442. The van der Waals surface area contributed by atoms with E-state index in [-0.39, 0.29) is 17.8 Å². The molecule has 2 N–H and O–H groups in total. The first-order valence-electron chi connectivity index (χ1n) is 9.43. The number of halogens is 1. The molecule has 154 valence electrons. The zero-order chi connectivity index (χ0) is 21.8. The predicted octanol–water partition coefficient (Wildman–Crippen LogP) is 3.28. The third kappa shape index (κ3) is 4.54. The zero-order valence-corrected chi connectivity index (χ0v) is 17.8. The van der Waals surface area contributed by atoms with Crippen LogP contribution in [0.25, 0.3) is 10.8 Å². The molecule has 0 spiro atoms. The summed E-state index contributed by atoms with van der Waals surface area (Å²) in [6.45, 7) is 0.218. The van der Waals surface area contributed by atoms with Crippen molar-refractivity contribution in [1.29, 1.82) is 0 Å². The number of carbonyl (C=O) groups is 2. The molecule has 0 unspecified atom stereocenters. The normalized spacial score (nSPS) is 10.6. The van der Waals surface area contributed by atoms with E-state index < -0.39 is 11.8 Å². The molecule has 0 aliphatic heterocycles. The molecule has 0 bridgehead atoms. The number of carbonyl (C=O) groups excluding carboxylic acids is 2. The minimum atomic E-state index is -0.622. The van der Waals surface area contributed by atoms with Crippen molar-refractivity contribution in [2.24, 2.45) is 0 Å². The molecule has 7 nitrogen and oxygen atoms in total. The highest BCUT2D eigenvalue weighted by Crippen LogP contribution is 2.14. The Morgan fingerprint density at radius 1 is 0.806 bits per heavy atom. The molecule has 0 saturated heterocycles. The lowest BCUT2D eigenvalue weighted by molar-refractivity contribution is 0.0843. The molecule has 0 fully saturated rings. The first-order valence-corrected chi connectivity index (χ1v) is 10.2. The summed E-state index contributed by atoms with van der Waals surface area (Å²) in [6.07, 6.45) is 0. The molecule has 0 saturated carbocycles. The number of nitrogens with zero attached hydrogens (tertiary/aromatic N) is 2. The van der Waals surface area contributed by atoms with Gasteiger partial charge in [0.05, 0.1) is 11.9 Å². The van der Waals surface area contributed by atoms with Crippen molar-refractivity contribution in [2.45, 2.75) is 6.54 Å². The van der Waals surface area contributed by atoms with Crippen LogP contribution in [0.15, 0.2) is 88.1 Å². The summed E-state index contributed by atoms with van der Waals surface area (Å²) in [5.41, 5.74) is 5.78. The first-order chi connectivity index (χ1) is 15.0. The van der Waals surface area contributed by atoms with Crippen LogP contribution in [0.2, 0.25) is 0 Å². The summed E-state index contributed by atoms with van der Waals surface area (Å²) in [7, 11) is 0. The molecular weight excluding hydrogens is 460 g/mol. The summed E-state index contributed by atoms with van der Waals surface area (Å²) < 4.78 is 2.09. The lowest BCUT2D eigenvalue weighted by Gasteiger charge is -2.12. The number of rotatable bonds is 4. The van der Waals surface area contributed by atoms with Crippen LogP contribution in [0, 0.1) is 0 Å². The number of hydrogen-bond acceptors (Lipinski definition) is 4. The molecule has 0 radical (unpaired) electrons. The predicted molar refractivity (Wildman–Crippen MR) is 121 cm³/mol. The van der Waals surface area contributed by atoms with Crippen molar-refractivity contribution in [3.63, 3.8) is 0 Å². The van der Waals surface area contributed by atoms with Gasteiger partial charge >= 0.3 is 0 Å². The van der Waals surface area contributed by atoms with Gasteiger partial charge in [0.2, 0.25) is 0 Å². The van der Waals surface area contributed by atoms with Gasteiger partial charge in [-0.1, -0.05) is 64.5 Å². The van der Waals surface area contributed by atoms with Crippen LogP contribution in [0.5, 0.6) is 0 Å². The van der Waals surface area contributed by atoms with Gasteiger partial charge < -0.3 is 0 Å². The van der Waals surface area contributed by atoms with E-state index in [1.807, 2.05) is 30.3 Å². The highest BCUT2D eigenvalue weighted by atomic mass is 79.9. The summed E-state index contributed by atoms with van der Waals surface area (Å²) in [4.78, 5) is 38.0. The van der Waals surface area contributed by atoms with Crippen LogP contribution in [0.3, 0.4) is 0 Å². The van der Waals surface area contributed by atoms with Gasteiger partial charge in [-0.3, -0.25) is 25.2 Å². The van der Waals surface area contributed by atoms with Crippen molar-refractivity contribution in [3.8, 4) is 0 Å². The first kappa shape index (κ1) is 20.5. The highest BCUT2D eigenvalue weighted by Gasteiger charge is 2.17. The largest absolute Gasteiger partial charge is 0.290 e. The average Bonchev–Trinajstić information content (AvgIpc) is 2.80. The fourth-order valence-electron chi connectivity index (χ4n) is 3.11. The third-order valence-electron chi connectivity index (χ3n) is 4.65. The monoisotopic (exact) mass is 476 g/mol. The lowest BCUT2D eigenvalue weighted by atomic mass is 10.1. The SMILES string of the molecule is O=C(NNC(=O)c1nn(Cc2ccccc2)c(=O)c2ccccc12)c1ccc(Br)cc1. The van der Waals surface area contributed by atoms with Crippen LogP contribution in [0.1, 0.15) is 26.4 Å². The molecule has 2 amide bonds. The minimum Gasteiger partial charge on any atom is -0.267 e. The Bertz CT molecular complexity index is 1320. The Hall–Kier alpha value is -3.78. The van der Waals surface area contributed by atoms with Gasteiger partial charge in [0.15, 0.2) is 5.69 Å². The Balaban J connectivity index is 1.63. The third-order valence-corrected chi connectivity index (χ3v) is 5.18. The van der Waals surface area contributed by atoms with Crippen LogP contribution in [-0.4, -0.2) is 21.6 Å². The van der Waals surface area contributed by atoms with Crippen LogP contribution >= 0.6 is 15.9 Å². The zero-order valence-electron chi connectivity index (χ0n) is 16.2. The fraction of sp³-hybridized carbons (Fsp3) is 0.0435. The maximum atomic E-state index is 12.9. The van der Waals surface area contributed by atoms with E-state index in [0.29, 0.717) is 16.3 Å². The van der Waals surface area contributed by atoms with Crippen molar-refractivity contribution in [3.05, 3.63) is 111 Å². The maximum Gasteiger partial charge on any atom is 0.290 e. The van der Waals surface area contributed by atoms with Gasteiger partial charge in [-0.05, 0) is 35.9 Å². The van der Waals surface area contributed by atoms with Crippen LogP contribution in [-0.2, 0) is 6.54 Å². The average molecular weight is 477 g/mol. The number of hydrazine groups is 1. The van der Waals surface area contributed by atoms with E-state index in [1.165, 1.54) is 4.68 Å². The van der Waals surface area contributed by atoms with Crippen LogP contribution in [0.4, 0.5) is 0 Å². The van der Waals surface area contributed by atoms with Gasteiger partial charge in [-0.2, -0.15) is 5.10 Å². The number of benzene rings is 3. The Kier molecular flexibility index (Phi) is 5.90. The molecule has 31 heavy (non-hydrogen) atoms. The highest BCUT2D eigenvalue weighted by molar-refractivity contribution is 9.10. The maximum absolute atomic E-state index is 12.9.